The summed E-state index contributed by atoms with van der Waals surface area (Å²) in [6.07, 6.45) is 6.82. The second-order valence-corrected chi connectivity index (χ2v) is 4.24. The number of pyridine rings is 1. The molecular weight excluding hydrogens is 200 g/mol. The van der Waals surface area contributed by atoms with Crippen molar-refractivity contribution < 1.29 is 0 Å². The second kappa shape index (κ2) is 4.84. The first-order chi connectivity index (χ1) is 7.81. The molecule has 0 spiro atoms. The summed E-state index contributed by atoms with van der Waals surface area (Å²) in [5.74, 6) is 1.59. The molecule has 0 amide bonds. The summed E-state index contributed by atoms with van der Waals surface area (Å²) < 4.78 is 0. The van der Waals surface area contributed by atoms with E-state index in [1.807, 2.05) is 6.07 Å². The van der Waals surface area contributed by atoms with Gasteiger partial charge in [0.15, 0.2) is 5.82 Å². The van der Waals surface area contributed by atoms with Gasteiger partial charge in [-0.25, -0.2) is 4.98 Å². The molecule has 1 aliphatic carbocycles. The van der Waals surface area contributed by atoms with E-state index in [0.717, 1.165) is 18.9 Å². The lowest BCUT2D eigenvalue weighted by atomic mass is 10.2. The largest absolute Gasteiger partial charge is 0.395 e. The van der Waals surface area contributed by atoms with Crippen LogP contribution in [0, 0.1) is 17.2 Å². The van der Waals surface area contributed by atoms with E-state index in [-0.39, 0.29) is 0 Å². The topological polar surface area (TPSA) is 74.7 Å². The zero-order valence-electron chi connectivity index (χ0n) is 9.24. The molecule has 2 rings (SSSR count). The van der Waals surface area contributed by atoms with E-state index in [1.54, 1.807) is 12.3 Å². The van der Waals surface area contributed by atoms with Crippen molar-refractivity contribution >= 4 is 11.5 Å². The van der Waals surface area contributed by atoms with Crippen molar-refractivity contribution in [2.45, 2.75) is 25.7 Å². The van der Waals surface area contributed by atoms with Crippen LogP contribution in [0.2, 0.25) is 0 Å². The number of nitriles is 1. The Bertz CT molecular complexity index is 404. The second-order valence-electron chi connectivity index (χ2n) is 4.24. The first kappa shape index (κ1) is 10.7. The highest BCUT2D eigenvalue weighted by molar-refractivity contribution is 5.68. The third kappa shape index (κ3) is 2.63. The quantitative estimate of drug-likeness (QED) is 0.739. The Balaban J connectivity index is 1.85. The van der Waals surface area contributed by atoms with E-state index in [1.165, 1.54) is 19.3 Å². The van der Waals surface area contributed by atoms with E-state index in [9.17, 15) is 0 Å². The molecule has 0 aromatic carbocycles. The Morgan fingerprint density at radius 2 is 2.38 bits per heavy atom. The van der Waals surface area contributed by atoms with Gasteiger partial charge in [-0.2, -0.15) is 5.26 Å². The predicted octanol–water partition coefficient (Wildman–Crippen LogP) is 2.14. The Morgan fingerprint density at radius 3 is 3.06 bits per heavy atom. The maximum absolute atomic E-state index is 8.81. The average molecular weight is 216 g/mol. The van der Waals surface area contributed by atoms with Gasteiger partial charge in [0.05, 0.1) is 11.3 Å². The summed E-state index contributed by atoms with van der Waals surface area (Å²) >= 11 is 0. The first-order valence-electron chi connectivity index (χ1n) is 5.69. The van der Waals surface area contributed by atoms with Crippen LogP contribution < -0.4 is 11.1 Å². The summed E-state index contributed by atoms with van der Waals surface area (Å²) in [6, 6.07) is 3.68. The lowest BCUT2D eigenvalue weighted by molar-refractivity contribution is 0.686. The number of aromatic nitrogens is 1. The van der Waals surface area contributed by atoms with Gasteiger partial charge in [-0.15, -0.1) is 0 Å². The van der Waals surface area contributed by atoms with Crippen molar-refractivity contribution in [1.82, 2.24) is 4.98 Å². The van der Waals surface area contributed by atoms with Gasteiger partial charge in [-0.3, -0.25) is 0 Å². The SMILES string of the molecule is N#Cc1ccnc(NCCCC2CC2)c1N. The van der Waals surface area contributed by atoms with E-state index in [0.29, 0.717) is 17.1 Å². The number of anilines is 2. The van der Waals surface area contributed by atoms with Gasteiger partial charge < -0.3 is 11.1 Å². The van der Waals surface area contributed by atoms with Gasteiger partial charge in [0.1, 0.15) is 6.07 Å². The van der Waals surface area contributed by atoms with Crippen molar-refractivity contribution in [2.24, 2.45) is 5.92 Å². The van der Waals surface area contributed by atoms with Gasteiger partial charge in [0.2, 0.25) is 0 Å². The molecule has 0 radical (unpaired) electrons. The van der Waals surface area contributed by atoms with Crippen molar-refractivity contribution in [3.63, 3.8) is 0 Å². The summed E-state index contributed by atoms with van der Waals surface area (Å²) in [7, 11) is 0. The lowest BCUT2D eigenvalue weighted by Gasteiger charge is -2.08. The number of nitrogen functional groups attached to an aromatic ring is 1. The molecule has 0 saturated heterocycles. The third-order valence-corrected chi connectivity index (χ3v) is 2.89. The van der Waals surface area contributed by atoms with Crippen LogP contribution in [-0.2, 0) is 0 Å². The van der Waals surface area contributed by atoms with E-state index < -0.39 is 0 Å². The maximum Gasteiger partial charge on any atom is 0.150 e. The van der Waals surface area contributed by atoms with Crippen molar-refractivity contribution in [3.8, 4) is 6.07 Å². The fraction of sp³-hybridized carbons (Fsp3) is 0.500. The van der Waals surface area contributed by atoms with E-state index in [4.69, 9.17) is 11.0 Å². The van der Waals surface area contributed by atoms with Gasteiger partial charge in [-0.05, 0) is 24.8 Å². The molecule has 0 unspecified atom stereocenters. The normalized spacial score (nSPS) is 14.4. The van der Waals surface area contributed by atoms with Crippen molar-refractivity contribution in [2.75, 3.05) is 17.6 Å². The Hall–Kier alpha value is -1.76. The average Bonchev–Trinajstić information content (AvgIpc) is 3.10. The van der Waals surface area contributed by atoms with Crippen LogP contribution in [-0.4, -0.2) is 11.5 Å². The highest BCUT2D eigenvalue weighted by Gasteiger charge is 2.20. The van der Waals surface area contributed by atoms with Crippen LogP contribution in [0.5, 0.6) is 0 Å². The van der Waals surface area contributed by atoms with Crippen LogP contribution in [0.1, 0.15) is 31.2 Å². The fourth-order valence-electron chi connectivity index (χ4n) is 1.72. The van der Waals surface area contributed by atoms with Gasteiger partial charge in [-0.1, -0.05) is 12.8 Å². The number of hydrogen-bond donors (Lipinski definition) is 2. The molecule has 4 heteroatoms. The predicted molar refractivity (Wildman–Crippen MR) is 63.8 cm³/mol. The standard InChI is InChI=1S/C12H16N4/c13-8-10-5-7-16-12(11(10)14)15-6-1-2-9-3-4-9/h5,7,9H,1-4,6,14H2,(H,15,16). The van der Waals surface area contributed by atoms with Gasteiger partial charge in [0.25, 0.3) is 0 Å². The van der Waals surface area contributed by atoms with Crippen molar-refractivity contribution in [3.05, 3.63) is 17.8 Å². The summed E-state index contributed by atoms with van der Waals surface area (Å²) in [4.78, 5) is 4.13. The molecule has 0 bridgehead atoms. The molecule has 1 fully saturated rings. The monoisotopic (exact) mass is 216 g/mol. The van der Waals surface area contributed by atoms with Crippen LogP contribution >= 0.6 is 0 Å². The summed E-state index contributed by atoms with van der Waals surface area (Å²) in [6.45, 7) is 0.878. The minimum absolute atomic E-state index is 0.455. The molecule has 1 saturated carbocycles. The highest BCUT2D eigenvalue weighted by Crippen LogP contribution is 2.33. The Labute approximate surface area is 95.5 Å². The molecular formula is C12H16N4. The van der Waals surface area contributed by atoms with Crippen LogP contribution in [0.4, 0.5) is 11.5 Å². The Kier molecular flexibility index (Phi) is 3.25. The number of nitrogens with two attached hydrogens (primary N) is 1. The zero-order chi connectivity index (χ0) is 11.4. The highest BCUT2D eigenvalue weighted by atomic mass is 15.0. The molecule has 16 heavy (non-hydrogen) atoms. The molecule has 1 aromatic heterocycles. The number of rotatable bonds is 5. The van der Waals surface area contributed by atoms with Crippen LogP contribution in [0.15, 0.2) is 12.3 Å². The number of nitrogens with zero attached hydrogens (tertiary/aromatic N) is 2. The summed E-state index contributed by atoms with van der Waals surface area (Å²) in [5.41, 5.74) is 6.74. The molecule has 0 aliphatic heterocycles. The maximum atomic E-state index is 8.81. The molecule has 4 nitrogen and oxygen atoms in total. The minimum atomic E-state index is 0.455. The first-order valence-corrected chi connectivity index (χ1v) is 5.69. The van der Waals surface area contributed by atoms with Crippen molar-refractivity contribution in [1.29, 1.82) is 5.26 Å². The van der Waals surface area contributed by atoms with Gasteiger partial charge >= 0.3 is 0 Å². The third-order valence-electron chi connectivity index (χ3n) is 2.89. The molecule has 3 N–H and O–H groups in total. The van der Waals surface area contributed by atoms with E-state index in [2.05, 4.69) is 10.3 Å². The van der Waals surface area contributed by atoms with Crippen LogP contribution in [0.3, 0.4) is 0 Å². The van der Waals surface area contributed by atoms with Gasteiger partial charge in [0, 0.05) is 12.7 Å². The molecule has 0 atom stereocenters. The lowest BCUT2D eigenvalue weighted by Crippen LogP contribution is -2.07. The smallest absolute Gasteiger partial charge is 0.150 e. The number of nitrogens with one attached hydrogen (secondary N) is 1. The summed E-state index contributed by atoms with van der Waals surface area (Å²) in [5, 5.41) is 12.0. The Morgan fingerprint density at radius 1 is 1.56 bits per heavy atom. The minimum Gasteiger partial charge on any atom is -0.395 e. The van der Waals surface area contributed by atoms with E-state index >= 15 is 0 Å². The molecule has 84 valence electrons. The van der Waals surface area contributed by atoms with Crippen LogP contribution in [0.25, 0.3) is 0 Å². The zero-order valence-corrected chi connectivity index (χ0v) is 9.24. The molecule has 1 heterocycles. The molecule has 1 aromatic rings. The number of hydrogen-bond acceptors (Lipinski definition) is 4. The molecule has 1 aliphatic rings. The fourth-order valence-corrected chi connectivity index (χ4v) is 1.72.